The van der Waals surface area contributed by atoms with Crippen LogP contribution in [-0.4, -0.2) is 9.78 Å². The Balaban J connectivity index is 3.20. The second-order valence-corrected chi connectivity index (χ2v) is 6.02. The lowest BCUT2D eigenvalue weighted by molar-refractivity contribution is 0.337. The molecule has 0 aliphatic rings. The van der Waals surface area contributed by atoms with E-state index in [9.17, 15) is 0 Å². The van der Waals surface area contributed by atoms with Gasteiger partial charge in [-0.05, 0) is 40.0 Å². The van der Waals surface area contributed by atoms with Gasteiger partial charge in [0.05, 0.1) is 11.7 Å². The Bertz CT molecular complexity index is 343. The molecule has 16 heavy (non-hydrogen) atoms. The first kappa shape index (κ1) is 13.2. The zero-order valence-electron chi connectivity index (χ0n) is 11.4. The fourth-order valence-electron chi connectivity index (χ4n) is 1.94. The normalized spacial score (nSPS) is 14.5. The minimum absolute atomic E-state index is 0.0252. The van der Waals surface area contributed by atoms with Gasteiger partial charge in [-0.1, -0.05) is 13.8 Å². The lowest BCUT2D eigenvalue weighted by Gasteiger charge is -2.24. The monoisotopic (exact) mass is 223 g/mol. The molecule has 92 valence electrons. The summed E-state index contributed by atoms with van der Waals surface area (Å²) in [6.45, 7) is 13.0. The van der Waals surface area contributed by atoms with Gasteiger partial charge in [0.25, 0.3) is 0 Å². The Morgan fingerprint density at radius 3 is 2.25 bits per heavy atom. The zero-order chi connectivity index (χ0) is 12.5. The van der Waals surface area contributed by atoms with E-state index >= 15 is 0 Å². The van der Waals surface area contributed by atoms with Gasteiger partial charge in [-0.25, -0.2) is 0 Å². The van der Waals surface area contributed by atoms with Crippen LogP contribution < -0.4 is 5.73 Å². The highest BCUT2D eigenvalue weighted by atomic mass is 15.3. The first-order valence-electron chi connectivity index (χ1n) is 6.06. The van der Waals surface area contributed by atoms with E-state index in [-0.39, 0.29) is 11.6 Å². The van der Waals surface area contributed by atoms with Crippen molar-refractivity contribution < 1.29 is 0 Å². The summed E-state index contributed by atoms with van der Waals surface area (Å²) in [6, 6.07) is 0.0600. The molecule has 1 aromatic heterocycles. The van der Waals surface area contributed by atoms with Crippen molar-refractivity contribution in [2.45, 2.75) is 59.5 Å². The van der Waals surface area contributed by atoms with Crippen molar-refractivity contribution in [2.75, 3.05) is 0 Å². The summed E-state index contributed by atoms with van der Waals surface area (Å²) in [7, 11) is 0. The van der Waals surface area contributed by atoms with Crippen LogP contribution in [0.2, 0.25) is 0 Å². The number of nitrogens with zero attached hydrogens (tertiary/aromatic N) is 2. The van der Waals surface area contributed by atoms with Crippen molar-refractivity contribution in [2.24, 2.45) is 11.7 Å². The largest absolute Gasteiger partial charge is 0.324 e. The predicted molar refractivity (Wildman–Crippen MR) is 68.4 cm³/mol. The molecule has 1 atom stereocenters. The zero-order valence-corrected chi connectivity index (χ0v) is 11.4. The number of nitrogens with two attached hydrogens (primary N) is 1. The lowest BCUT2D eigenvalue weighted by atomic mass is 10.00. The van der Waals surface area contributed by atoms with Gasteiger partial charge in [-0.15, -0.1) is 0 Å². The van der Waals surface area contributed by atoms with Crippen molar-refractivity contribution in [3.63, 3.8) is 0 Å². The van der Waals surface area contributed by atoms with Crippen molar-refractivity contribution in [1.29, 1.82) is 0 Å². The molecule has 3 nitrogen and oxygen atoms in total. The Morgan fingerprint density at radius 2 is 1.88 bits per heavy atom. The molecule has 1 aromatic rings. The lowest BCUT2D eigenvalue weighted by Crippen LogP contribution is -2.26. The van der Waals surface area contributed by atoms with Crippen molar-refractivity contribution in [3.05, 3.63) is 17.5 Å². The number of rotatable bonds is 3. The maximum Gasteiger partial charge on any atom is 0.0546 e. The van der Waals surface area contributed by atoms with E-state index in [0.29, 0.717) is 5.92 Å². The molecule has 1 rings (SSSR count). The Morgan fingerprint density at radius 1 is 1.31 bits per heavy atom. The SMILES string of the molecule is CC(C)Cc1c(C(C)N)cnn1C(C)(C)C. The molecule has 1 heterocycles. The van der Waals surface area contributed by atoms with E-state index in [2.05, 4.69) is 44.4 Å². The molecule has 0 aliphatic heterocycles. The van der Waals surface area contributed by atoms with Crippen LogP contribution in [0.25, 0.3) is 0 Å². The average molecular weight is 223 g/mol. The van der Waals surface area contributed by atoms with Crippen molar-refractivity contribution in [1.82, 2.24) is 9.78 Å². The van der Waals surface area contributed by atoms with E-state index in [1.807, 2.05) is 13.1 Å². The molecule has 0 fully saturated rings. The van der Waals surface area contributed by atoms with E-state index in [0.717, 1.165) is 6.42 Å². The predicted octanol–water partition coefficient (Wildman–Crippen LogP) is 2.86. The van der Waals surface area contributed by atoms with E-state index in [1.165, 1.54) is 11.3 Å². The average Bonchev–Trinajstić information content (AvgIpc) is 2.45. The fraction of sp³-hybridized carbons (Fsp3) is 0.769. The maximum absolute atomic E-state index is 5.99. The quantitative estimate of drug-likeness (QED) is 0.856. The maximum atomic E-state index is 5.99. The summed E-state index contributed by atoms with van der Waals surface area (Å²) in [5.41, 5.74) is 8.49. The summed E-state index contributed by atoms with van der Waals surface area (Å²) in [5, 5.41) is 4.50. The minimum Gasteiger partial charge on any atom is -0.324 e. The molecule has 0 aliphatic carbocycles. The number of aromatic nitrogens is 2. The third kappa shape index (κ3) is 2.85. The van der Waals surface area contributed by atoms with Crippen LogP contribution in [-0.2, 0) is 12.0 Å². The molecule has 1 unspecified atom stereocenters. The second kappa shape index (κ2) is 4.58. The van der Waals surface area contributed by atoms with Gasteiger partial charge < -0.3 is 5.73 Å². The summed E-state index contributed by atoms with van der Waals surface area (Å²) < 4.78 is 2.12. The molecule has 0 amide bonds. The molecular weight excluding hydrogens is 198 g/mol. The molecule has 3 heteroatoms. The summed E-state index contributed by atoms with van der Waals surface area (Å²) in [4.78, 5) is 0. The fourth-order valence-corrected chi connectivity index (χ4v) is 1.94. The summed E-state index contributed by atoms with van der Waals surface area (Å²) in [6.07, 6.45) is 2.96. The summed E-state index contributed by atoms with van der Waals surface area (Å²) in [5.74, 6) is 0.621. The number of hydrogen-bond donors (Lipinski definition) is 1. The van der Waals surface area contributed by atoms with Gasteiger partial charge in [0, 0.05) is 17.3 Å². The third-order valence-corrected chi connectivity index (χ3v) is 2.63. The molecule has 0 saturated heterocycles. The topological polar surface area (TPSA) is 43.8 Å². The van der Waals surface area contributed by atoms with E-state index in [4.69, 9.17) is 5.73 Å². The highest BCUT2D eigenvalue weighted by Gasteiger charge is 2.22. The first-order valence-corrected chi connectivity index (χ1v) is 6.06. The molecule has 0 bridgehead atoms. The van der Waals surface area contributed by atoms with Gasteiger partial charge >= 0.3 is 0 Å². The molecule has 0 aromatic carbocycles. The second-order valence-electron chi connectivity index (χ2n) is 6.02. The van der Waals surface area contributed by atoms with Gasteiger partial charge in [-0.3, -0.25) is 4.68 Å². The van der Waals surface area contributed by atoms with Gasteiger partial charge in [0.2, 0.25) is 0 Å². The van der Waals surface area contributed by atoms with Crippen molar-refractivity contribution >= 4 is 0 Å². The third-order valence-electron chi connectivity index (χ3n) is 2.63. The van der Waals surface area contributed by atoms with Crippen LogP contribution in [0.3, 0.4) is 0 Å². The Labute approximate surface area is 99.0 Å². The molecular formula is C13H25N3. The van der Waals surface area contributed by atoms with Crippen LogP contribution in [0.1, 0.15) is 58.8 Å². The highest BCUT2D eigenvalue weighted by Crippen LogP contribution is 2.24. The molecule has 0 saturated carbocycles. The van der Waals surface area contributed by atoms with Gasteiger partial charge in [0.15, 0.2) is 0 Å². The van der Waals surface area contributed by atoms with Gasteiger partial charge in [0.1, 0.15) is 0 Å². The summed E-state index contributed by atoms with van der Waals surface area (Å²) >= 11 is 0. The standard InChI is InChI=1S/C13H25N3/c1-9(2)7-12-11(10(3)14)8-15-16(12)13(4,5)6/h8-10H,7,14H2,1-6H3. The smallest absolute Gasteiger partial charge is 0.0546 e. The van der Waals surface area contributed by atoms with Crippen LogP contribution in [0.5, 0.6) is 0 Å². The van der Waals surface area contributed by atoms with Gasteiger partial charge in [-0.2, -0.15) is 5.10 Å². The first-order chi connectivity index (χ1) is 7.23. The van der Waals surface area contributed by atoms with Crippen LogP contribution >= 0.6 is 0 Å². The molecule has 0 spiro atoms. The van der Waals surface area contributed by atoms with Crippen LogP contribution in [0, 0.1) is 5.92 Å². The van der Waals surface area contributed by atoms with Crippen LogP contribution in [0.15, 0.2) is 6.20 Å². The Hall–Kier alpha value is -0.830. The molecule has 0 radical (unpaired) electrons. The Kier molecular flexibility index (Phi) is 3.79. The highest BCUT2D eigenvalue weighted by molar-refractivity contribution is 5.22. The van der Waals surface area contributed by atoms with Crippen LogP contribution in [0.4, 0.5) is 0 Å². The van der Waals surface area contributed by atoms with E-state index in [1.54, 1.807) is 0 Å². The minimum atomic E-state index is 0.0252. The number of hydrogen-bond acceptors (Lipinski definition) is 2. The molecule has 2 N–H and O–H groups in total. The van der Waals surface area contributed by atoms with Crippen molar-refractivity contribution in [3.8, 4) is 0 Å². The van der Waals surface area contributed by atoms with E-state index < -0.39 is 0 Å².